The van der Waals surface area contributed by atoms with E-state index in [1.165, 1.54) is 29.9 Å². The van der Waals surface area contributed by atoms with Gasteiger partial charge in [-0.15, -0.1) is 22.7 Å². The van der Waals surface area contributed by atoms with Crippen molar-refractivity contribution < 1.29 is 33.0 Å². The SMILES string of the molecule is CC(NCc1nc(C2CC2)cs1)c1nc(C(=O)O)cs1.O=C(O)C(F)(F)F. The molecule has 0 bridgehead atoms. The van der Waals surface area contributed by atoms with Gasteiger partial charge in [0.1, 0.15) is 10.0 Å². The molecule has 0 spiro atoms. The molecule has 7 nitrogen and oxygen atoms in total. The quantitative estimate of drug-likeness (QED) is 0.650. The van der Waals surface area contributed by atoms with E-state index in [1.807, 2.05) is 6.92 Å². The van der Waals surface area contributed by atoms with Gasteiger partial charge in [-0.3, -0.25) is 0 Å². The van der Waals surface area contributed by atoms with Crippen LogP contribution in [0.1, 0.15) is 57.9 Å². The van der Waals surface area contributed by atoms with Gasteiger partial charge >= 0.3 is 18.1 Å². The maximum atomic E-state index is 10.8. The number of nitrogens with zero attached hydrogens (tertiary/aromatic N) is 2. The van der Waals surface area contributed by atoms with Crippen LogP contribution in [0, 0.1) is 0 Å². The molecule has 0 saturated heterocycles. The summed E-state index contributed by atoms with van der Waals surface area (Å²) in [6, 6.07) is 0.0291. The molecular weight excluding hydrogens is 407 g/mol. The number of aliphatic carboxylic acids is 1. The lowest BCUT2D eigenvalue weighted by Crippen LogP contribution is -2.21. The van der Waals surface area contributed by atoms with Gasteiger partial charge in [-0.25, -0.2) is 19.6 Å². The van der Waals surface area contributed by atoms with E-state index in [1.54, 1.807) is 16.7 Å². The van der Waals surface area contributed by atoms with Crippen molar-refractivity contribution in [2.45, 2.75) is 44.4 Å². The number of carboxylic acid groups (broad SMARTS) is 2. The fraction of sp³-hybridized carbons (Fsp3) is 0.467. The minimum atomic E-state index is -5.08. The Balaban J connectivity index is 0.000000321. The molecule has 1 atom stereocenters. The monoisotopic (exact) mass is 423 g/mol. The van der Waals surface area contributed by atoms with Gasteiger partial charge in [0.2, 0.25) is 0 Å². The smallest absolute Gasteiger partial charge is 0.476 e. The minimum Gasteiger partial charge on any atom is -0.476 e. The molecule has 148 valence electrons. The zero-order valence-electron chi connectivity index (χ0n) is 14.0. The third-order valence-corrected chi connectivity index (χ3v) is 5.37. The molecule has 1 unspecified atom stereocenters. The molecule has 0 radical (unpaired) electrons. The fourth-order valence-electron chi connectivity index (χ4n) is 1.89. The highest BCUT2D eigenvalue weighted by Crippen LogP contribution is 2.40. The highest BCUT2D eigenvalue weighted by molar-refractivity contribution is 7.10. The lowest BCUT2D eigenvalue weighted by Gasteiger charge is -2.09. The first kappa shape index (κ1) is 21.3. The van der Waals surface area contributed by atoms with Gasteiger partial charge in [0.05, 0.1) is 11.7 Å². The number of rotatable bonds is 6. The zero-order valence-corrected chi connectivity index (χ0v) is 15.6. The number of aromatic nitrogens is 2. The van der Waals surface area contributed by atoms with E-state index in [0.29, 0.717) is 12.5 Å². The fourth-order valence-corrected chi connectivity index (χ4v) is 3.54. The largest absolute Gasteiger partial charge is 0.490 e. The van der Waals surface area contributed by atoms with Crippen LogP contribution >= 0.6 is 22.7 Å². The highest BCUT2D eigenvalue weighted by atomic mass is 32.1. The summed E-state index contributed by atoms with van der Waals surface area (Å²) in [7, 11) is 0. The summed E-state index contributed by atoms with van der Waals surface area (Å²) < 4.78 is 31.7. The number of carboxylic acids is 2. The van der Waals surface area contributed by atoms with E-state index in [4.69, 9.17) is 15.0 Å². The summed E-state index contributed by atoms with van der Waals surface area (Å²) in [6.45, 7) is 2.68. The first-order chi connectivity index (χ1) is 12.6. The second-order valence-electron chi connectivity index (χ2n) is 5.72. The Bertz CT molecular complexity index is 802. The molecule has 0 aromatic carbocycles. The Morgan fingerprint density at radius 1 is 1.26 bits per heavy atom. The Kier molecular flexibility index (Phi) is 6.89. The zero-order chi connectivity index (χ0) is 20.2. The van der Waals surface area contributed by atoms with Crippen LogP contribution in [0.4, 0.5) is 13.2 Å². The van der Waals surface area contributed by atoms with Gasteiger partial charge in [0.25, 0.3) is 0 Å². The predicted molar refractivity (Wildman–Crippen MR) is 92.1 cm³/mol. The van der Waals surface area contributed by atoms with Gasteiger partial charge in [-0.2, -0.15) is 13.2 Å². The van der Waals surface area contributed by atoms with Crippen molar-refractivity contribution in [3.63, 3.8) is 0 Å². The highest BCUT2D eigenvalue weighted by Gasteiger charge is 2.38. The Labute approximate surface area is 159 Å². The molecule has 27 heavy (non-hydrogen) atoms. The second kappa shape index (κ2) is 8.76. The number of carbonyl (C=O) groups is 2. The van der Waals surface area contributed by atoms with Crippen molar-refractivity contribution >= 4 is 34.6 Å². The predicted octanol–water partition coefficient (Wildman–Crippen LogP) is 3.66. The van der Waals surface area contributed by atoms with E-state index in [-0.39, 0.29) is 11.7 Å². The topological polar surface area (TPSA) is 112 Å². The second-order valence-corrected chi connectivity index (χ2v) is 7.55. The van der Waals surface area contributed by atoms with Crippen molar-refractivity contribution in [1.82, 2.24) is 15.3 Å². The normalized spacial score (nSPS) is 15.0. The van der Waals surface area contributed by atoms with Crippen molar-refractivity contribution in [2.24, 2.45) is 0 Å². The van der Waals surface area contributed by atoms with Crippen LogP contribution in [0.5, 0.6) is 0 Å². The molecule has 2 aromatic heterocycles. The van der Waals surface area contributed by atoms with Crippen molar-refractivity contribution in [3.05, 3.63) is 32.2 Å². The van der Waals surface area contributed by atoms with Crippen molar-refractivity contribution in [2.75, 3.05) is 0 Å². The van der Waals surface area contributed by atoms with E-state index in [2.05, 4.69) is 20.7 Å². The van der Waals surface area contributed by atoms with Crippen LogP contribution in [0.25, 0.3) is 0 Å². The summed E-state index contributed by atoms with van der Waals surface area (Å²) in [5.41, 5.74) is 1.34. The number of nitrogens with one attached hydrogen (secondary N) is 1. The minimum absolute atomic E-state index is 0.0291. The average molecular weight is 423 g/mol. The number of alkyl halides is 3. The summed E-state index contributed by atoms with van der Waals surface area (Å²) in [6.07, 6.45) is -2.55. The lowest BCUT2D eigenvalue weighted by atomic mass is 10.3. The molecule has 0 amide bonds. The van der Waals surface area contributed by atoms with E-state index < -0.39 is 18.1 Å². The van der Waals surface area contributed by atoms with Crippen molar-refractivity contribution in [1.29, 1.82) is 0 Å². The maximum absolute atomic E-state index is 10.8. The van der Waals surface area contributed by atoms with Crippen molar-refractivity contribution in [3.8, 4) is 0 Å². The van der Waals surface area contributed by atoms with Gasteiger partial charge in [0.15, 0.2) is 5.69 Å². The molecule has 0 aliphatic heterocycles. The molecule has 2 heterocycles. The molecule has 1 fully saturated rings. The van der Waals surface area contributed by atoms with E-state index >= 15 is 0 Å². The summed E-state index contributed by atoms with van der Waals surface area (Å²) in [4.78, 5) is 28.4. The first-order valence-electron chi connectivity index (χ1n) is 7.74. The van der Waals surface area contributed by atoms with Gasteiger partial charge < -0.3 is 15.5 Å². The standard InChI is InChI=1S/C13H15N3O2S2.C2HF3O2/c1-7(12-16-10(6-20-12)13(17)18)14-4-11-15-9(5-19-11)8-2-3-8;3-2(4,5)1(6)7/h5-8,14H,2-4H2,1H3,(H,17,18);(H,6,7). The molecule has 1 aliphatic rings. The number of aromatic carboxylic acids is 1. The van der Waals surface area contributed by atoms with Gasteiger partial charge in [-0.1, -0.05) is 0 Å². The molecule has 3 N–H and O–H groups in total. The summed E-state index contributed by atoms with van der Waals surface area (Å²) >= 11 is 3.05. The average Bonchev–Trinajstić information content (AvgIpc) is 3.12. The maximum Gasteiger partial charge on any atom is 0.490 e. The number of hydrogen-bond acceptors (Lipinski definition) is 7. The lowest BCUT2D eigenvalue weighted by molar-refractivity contribution is -0.192. The van der Waals surface area contributed by atoms with Crippen LogP contribution in [0.15, 0.2) is 10.8 Å². The number of hydrogen-bond donors (Lipinski definition) is 3. The third-order valence-electron chi connectivity index (χ3n) is 3.48. The molecule has 1 saturated carbocycles. The van der Waals surface area contributed by atoms with Crippen LogP contribution in [-0.2, 0) is 11.3 Å². The van der Waals surface area contributed by atoms with Crippen LogP contribution < -0.4 is 5.32 Å². The van der Waals surface area contributed by atoms with Crippen LogP contribution in [-0.4, -0.2) is 38.3 Å². The summed E-state index contributed by atoms with van der Waals surface area (Å²) in [5.74, 6) is -3.05. The van der Waals surface area contributed by atoms with Gasteiger partial charge in [-0.05, 0) is 19.8 Å². The van der Waals surface area contributed by atoms with Gasteiger partial charge in [0, 0.05) is 23.2 Å². The number of halogens is 3. The third kappa shape index (κ3) is 6.56. The molecular formula is C15H16F3N3O4S2. The van der Waals surface area contributed by atoms with Crippen LogP contribution in [0.3, 0.4) is 0 Å². The molecule has 12 heteroatoms. The van der Waals surface area contributed by atoms with E-state index in [9.17, 15) is 18.0 Å². The first-order valence-corrected chi connectivity index (χ1v) is 9.50. The van der Waals surface area contributed by atoms with Crippen LogP contribution in [0.2, 0.25) is 0 Å². The molecule has 3 rings (SSSR count). The van der Waals surface area contributed by atoms with E-state index in [0.717, 1.165) is 10.0 Å². The number of thiazole rings is 2. The molecule has 1 aliphatic carbocycles. The Morgan fingerprint density at radius 3 is 2.37 bits per heavy atom. The molecule has 2 aromatic rings. The summed E-state index contributed by atoms with van der Waals surface area (Å²) in [5, 5.41) is 24.9. The Morgan fingerprint density at radius 2 is 1.89 bits per heavy atom. The Hall–Kier alpha value is -2.05.